The summed E-state index contributed by atoms with van der Waals surface area (Å²) in [6.07, 6.45) is 2.48. The number of hydrogen-bond donors (Lipinski definition) is 3. The number of piperidine rings is 1. The second-order valence-corrected chi connectivity index (χ2v) is 9.29. The zero-order valence-corrected chi connectivity index (χ0v) is 17.0. The van der Waals surface area contributed by atoms with E-state index in [2.05, 4.69) is 22.9 Å². The SMILES string of the molecule is C[C@]12CNC[C@H]1C[C@@H](NCc1cccc3c1C(=O)N(C1CCC(=O)NC1=O)C3=O)C2. The Bertz CT molecular complexity index is 960. The summed E-state index contributed by atoms with van der Waals surface area (Å²) in [5.74, 6) is -1.19. The third-order valence-corrected chi connectivity index (χ3v) is 7.32. The lowest BCUT2D eigenvalue weighted by molar-refractivity contribution is -0.136. The molecule has 3 fully saturated rings. The lowest BCUT2D eigenvalue weighted by Gasteiger charge is -2.27. The van der Waals surface area contributed by atoms with Crippen LogP contribution in [0.2, 0.25) is 0 Å². The first-order chi connectivity index (χ1) is 14.4. The van der Waals surface area contributed by atoms with Gasteiger partial charge >= 0.3 is 0 Å². The van der Waals surface area contributed by atoms with Crippen molar-refractivity contribution in [1.82, 2.24) is 20.9 Å². The minimum Gasteiger partial charge on any atom is -0.316 e. The van der Waals surface area contributed by atoms with E-state index in [1.54, 1.807) is 12.1 Å². The third-order valence-electron chi connectivity index (χ3n) is 7.32. The summed E-state index contributed by atoms with van der Waals surface area (Å²) in [6, 6.07) is 4.74. The molecule has 3 heterocycles. The summed E-state index contributed by atoms with van der Waals surface area (Å²) >= 11 is 0. The monoisotopic (exact) mass is 410 g/mol. The van der Waals surface area contributed by atoms with Gasteiger partial charge in [-0.05, 0) is 48.8 Å². The number of rotatable bonds is 4. The molecule has 8 heteroatoms. The van der Waals surface area contributed by atoms with Crippen LogP contribution < -0.4 is 16.0 Å². The molecule has 30 heavy (non-hydrogen) atoms. The predicted molar refractivity (Wildman–Crippen MR) is 107 cm³/mol. The Hall–Kier alpha value is -2.58. The standard InChI is InChI=1S/C22H26N4O4/c1-22-8-14(7-13(22)10-23-11-22)24-9-12-3-2-4-15-18(12)21(30)26(20(15)29)16-5-6-17(27)25-19(16)28/h2-4,13-14,16,23-24H,5-11H2,1H3,(H,25,27,28)/t13-,14-,16?,22+/m1/s1. The van der Waals surface area contributed by atoms with Gasteiger partial charge in [-0.2, -0.15) is 0 Å². The first-order valence-electron chi connectivity index (χ1n) is 10.6. The van der Waals surface area contributed by atoms with Crippen LogP contribution in [0.5, 0.6) is 0 Å². The van der Waals surface area contributed by atoms with Gasteiger partial charge < -0.3 is 10.6 Å². The summed E-state index contributed by atoms with van der Waals surface area (Å²) in [5, 5.41) is 9.30. The molecular weight excluding hydrogens is 384 g/mol. The molecule has 3 N–H and O–H groups in total. The molecule has 1 saturated carbocycles. The van der Waals surface area contributed by atoms with Crippen molar-refractivity contribution < 1.29 is 19.2 Å². The van der Waals surface area contributed by atoms with Gasteiger partial charge in [-0.3, -0.25) is 29.4 Å². The van der Waals surface area contributed by atoms with E-state index in [0.29, 0.717) is 35.0 Å². The van der Waals surface area contributed by atoms with E-state index in [-0.39, 0.29) is 18.7 Å². The molecule has 8 nitrogen and oxygen atoms in total. The second kappa shape index (κ2) is 6.99. The molecule has 0 radical (unpaired) electrons. The molecular formula is C22H26N4O4. The van der Waals surface area contributed by atoms with E-state index in [1.807, 2.05) is 6.07 Å². The predicted octanol–water partition coefficient (Wildman–Crippen LogP) is 0.565. The van der Waals surface area contributed by atoms with Crippen LogP contribution in [0.15, 0.2) is 18.2 Å². The first kappa shape index (κ1) is 19.4. The molecule has 1 aromatic carbocycles. The highest BCUT2D eigenvalue weighted by molar-refractivity contribution is 6.24. The minimum absolute atomic E-state index is 0.120. The van der Waals surface area contributed by atoms with Gasteiger partial charge in [0.05, 0.1) is 11.1 Å². The van der Waals surface area contributed by atoms with Crippen molar-refractivity contribution in [1.29, 1.82) is 0 Å². The van der Waals surface area contributed by atoms with Crippen molar-refractivity contribution in [3.05, 3.63) is 34.9 Å². The Labute approximate surface area is 174 Å². The van der Waals surface area contributed by atoms with E-state index in [1.165, 1.54) is 0 Å². The Morgan fingerprint density at radius 3 is 2.80 bits per heavy atom. The van der Waals surface area contributed by atoms with Gasteiger partial charge in [-0.1, -0.05) is 19.1 Å². The molecule has 1 aromatic rings. The van der Waals surface area contributed by atoms with Crippen LogP contribution in [-0.4, -0.2) is 53.7 Å². The van der Waals surface area contributed by atoms with Crippen molar-refractivity contribution in [2.75, 3.05) is 13.1 Å². The zero-order chi connectivity index (χ0) is 21.0. The van der Waals surface area contributed by atoms with E-state index < -0.39 is 23.8 Å². The van der Waals surface area contributed by atoms with E-state index in [9.17, 15) is 19.2 Å². The van der Waals surface area contributed by atoms with Crippen molar-refractivity contribution in [3.8, 4) is 0 Å². The average molecular weight is 410 g/mol. The molecule has 4 aliphatic rings. The van der Waals surface area contributed by atoms with Crippen molar-refractivity contribution >= 4 is 23.6 Å². The summed E-state index contributed by atoms with van der Waals surface area (Å²) in [5.41, 5.74) is 1.82. The maximum Gasteiger partial charge on any atom is 0.262 e. The number of carbonyl (C=O) groups is 4. The highest BCUT2D eigenvalue weighted by Crippen LogP contribution is 2.45. The lowest BCUT2D eigenvalue weighted by atomic mass is 9.83. The Morgan fingerprint density at radius 2 is 2.03 bits per heavy atom. The van der Waals surface area contributed by atoms with Crippen LogP contribution in [-0.2, 0) is 16.1 Å². The van der Waals surface area contributed by atoms with Crippen molar-refractivity contribution in [2.24, 2.45) is 11.3 Å². The lowest BCUT2D eigenvalue weighted by Crippen LogP contribution is -2.54. The normalized spacial score (nSPS) is 33.1. The quantitative estimate of drug-likeness (QED) is 0.627. The molecule has 0 aromatic heterocycles. The maximum atomic E-state index is 13.2. The summed E-state index contributed by atoms with van der Waals surface area (Å²) in [7, 11) is 0. The number of hydrogen-bond acceptors (Lipinski definition) is 6. The van der Waals surface area contributed by atoms with Gasteiger partial charge in [0.25, 0.3) is 11.8 Å². The summed E-state index contributed by atoms with van der Waals surface area (Å²) < 4.78 is 0. The number of nitrogens with zero attached hydrogens (tertiary/aromatic N) is 1. The van der Waals surface area contributed by atoms with E-state index >= 15 is 0 Å². The number of nitrogens with one attached hydrogen (secondary N) is 3. The van der Waals surface area contributed by atoms with Gasteiger partial charge in [-0.15, -0.1) is 0 Å². The van der Waals surface area contributed by atoms with Crippen LogP contribution >= 0.6 is 0 Å². The fourth-order valence-corrected chi connectivity index (χ4v) is 5.66. The first-order valence-corrected chi connectivity index (χ1v) is 10.6. The van der Waals surface area contributed by atoms with Crippen LogP contribution in [0.3, 0.4) is 0 Å². The minimum atomic E-state index is -0.933. The smallest absolute Gasteiger partial charge is 0.262 e. The maximum absolute atomic E-state index is 13.2. The molecule has 1 unspecified atom stereocenters. The fourth-order valence-electron chi connectivity index (χ4n) is 5.66. The number of benzene rings is 1. The van der Waals surface area contributed by atoms with Crippen molar-refractivity contribution in [2.45, 2.75) is 51.2 Å². The summed E-state index contributed by atoms with van der Waals surface area (Å²) in [6.45, 7) is 4.94. The van der Waals surface area contributed by atoms with Crippen LogP contribution in [0, 0.1) is 11.3 Å². The van der Waals surface area contributed by atoms with Gasteiger partial charge in [0.15, 0.2) is 0 Å². The number of fused-ring (bicyclic) bond motifs is 2. The third kappa shape index (κ3) is 2.97. The van der Waals surface area contributed by atoms with Crippen LogP contribution in [0.1, 0.15) is 58.9 Å². The Balaban J connectivity index is 1.34. The fraction of sp³-hybridized carbons (Fsp3) is 0.545. The molecule has 4 amide bonds. The van der Waals surface area contributed by atoms with E-state index in [0.717, 1.165) is 36.4 Å². The molecule has 2 saturated heterocycles. The van der Waals surface area contributed by atoms with Crippen LogP contribution in [0.4, 0.5) is 0 Å². The van der Waals surface area contributed by atoms with E-state index in [4.69, 9.17) is 0 Å². The molecule has 0 spiro atoms. The van der Waals surface area contributed by atoms with Gasteiger partial charge in [0.1, 0.15) is 6.04 Å². The Morgan fingerprint density at radius 1 is 1.20 bits per heavy atom. The van der Waals surface area contributed by atoms with Gasteiger partial charge in [0, 0.05) is 25.6 Å². The second-order valence-electron chi connectivity index (χ2n) is 9.29. The molecule has 4 atom stereocenters. The Kier molecular flexibility index (Phi) is 4.52. The average Bonchev–Trinajstić information content (AvgIpc) is 3.29. The highest BCUT2D eigenvalue weighted by Gasteiger charge is 2.47. The highest BCUT2D eigenvalue weighted by atomic mass is 16.2. The molecule has 1 aliphatic carbocycles. The topological polar surface area (TPSA) is 108 Å². The number of amides is 4. The molecule has 3 aliphatic heterocycles. The largest absolute Gasteiger partial charge is 0.316 e. The van der Waals surface area contributed by atoms with Gasteiger partial charge in [-0.25, -0.2) is 0 Å². The summed E-state index contributed by atoms with van der Waals surface area (Å²) in [4.78, 5) is 50.8. The van der Waals surface area contributed by atoms with Gasteiger partial charge in [0.2, 0.25) is 11.8 Å². The zero-order valence-electron chi connectivity index (χ0n) is 17.0. The van der Waals surface area contributed by atoms with Crippen molar-refractivity contribution in [3.63, 3.8) is 0 Å². The molecule has 158 valence electrons. The number of carbonyl (C=O) groups excluding carboxylic acids is 4. The number of imide groups is 2. The molecule has 5 rings (SSSR count). The van der Waals surface area contributed by atoms with Crippen LogP contribution in [0.25, 0.3) is 0 Å². The molecule has 0 bridgehead atoms.